The molecule has 1 unspecified atom stereocenters. The zero-order chi connectivity index (χ0) is 17.3. The number of halogens is 2. The maximum atomic E-state index is 13.3. The van der Waals surface area contributed by atoms with E-state index < -0.39 is 15.8 Å². The Bertz CT molecular complexity index is 839. The minimum absolute atomic E-state index is 0.126. The summed E-state index contributed by atoms with van der Waals surface area (Å²) in [5, 5.41) is 0.612. The fourth-order valence-electron chi connectivity index (χ4n) is 2.76. The van der Waals surface area contributed by atoms with E-state index in [0.717, 1.165) is 11.6 Å². The lowest BCUT2D eigenvalue weighted by atomic mass is 10.1. The van der Waals surface area contributed by atoms with Crippen LogP contribution in [0.25, 0.3) is 0 Å². The number of hydrogen-bond acceptors (Lipinski definition) is 3. The second kappa shape index (κ2) is 6.80. The van der Waals surface area contributed by atoms with Crippen LogP contribution in [0.4, 0.5) is 4.39 Å². The van der Waals surface area contributed by atoms with E-state index in [1.807, 2.05) is 12.1 Å². The minimum atomic E-state index is -3.70. The van der Waals surface area contributed by atoms with E-state index in [9.17, 15) is 12.8 Å². The van der Waals surface area contributed by atoms with Gasteiger partial charge in [0.15, 0.2) is 0 Å². The van der Waals surface area contributed by atoms with E-state index in [2.05, 4.69) is 0 Å². The van der Waals surface area contributed by atoms with Gasteiger partial charge in [0.1, 0.15) is 5.82 Å². The maximum Gasteiger partial charge on any atom is 0.243 e. The first-order valence-electron chi connectivity index (χ1n) is 7.51. The number of nitrogens with zero attached hydrogens (tertiary/aromatic N) is 1. The molecular weight excluding hydrogens is 353 g/mol. The lowest BCUT2D eigenvalue weighted by Crippen LogP contribution is -2.42. The molecule has 128 valence electrons. The van der Waals surface area contributed by atoms with E-state index in [1.165, 1.54) is 16.4 Å². The Morgan fingerprint density at radius 2 is 1.92 bits per heavy atom. The molecular formula is C17H17ClFNO3S. The number of morpholine rings is 1. The molecule has 0 N–H and O–H groups in total. The summed E-state index contributed by atoms with van der Waals surface area (Å²) in [5.74, 6) is -0.451. The van der Waals surface area contributed by atoms with Gasteiger partial charge < -0.3 is 4.74 Å². The molecule has 1 heterocycles. The highest BCUT2D eigenvalue weighted by atomic mass is 35.5. The second-order valence-corrected chi connectivity index (χ2v) is 8.03. The molecule has 7 heteroatoms. The highest BCUT2D eigenvalue weighted by molar-refractivity contribution is 7.89. The summed E-state index contributed by atoms with van der Waals surface area (Å²) in [4.78, 5) is 0.126. The van der Waals surface area contributed by atoms with Crippen LogP contribution in [0.2, 0.25) is 5.02 Å². The Balaban J connectivity index is 1.87. The van der Waals surface area contributed by atoms with Gasteiger partial charge in [-0.3, -0.25) is 0 Å². The van der Waals surface area contributed by atoms with Crippen molar-refractivity contribution in [2.75, 3.05) is 19.7 Å². The summed E-state index contributed by atoms with van der Waals surface area (Å²) in [7, 11) is -3.70. The van der Waals surface area contributed by atoms with Crippen LogP contribution in [0.5, 0.6) is 0 Å². The minimum Gasteiger partial charge on any atom is -0.371 e. The molecule has 4 nitrogen and oxygen atoms in total. The molecule has 0 aromatic heterocycles. The largest absolute Gasteiger partial charge is 0.371 e. The SMILES string of the molecule is Cc1cc(F)ccc1S(=O)(=O)N1CCOC(c2ccc(Cl)cc2)C1. The third-order valence-corrected chi connectivity index (χ3v) is 6.30. The van der Waals surface area contributed by atoms with Crippen molar-refractivity contribution in [3.05, 3.63) is 64.4 Å². The monoisotopic (exact) mass is 369 g/mol. The van der Waals surface area contributed by atoms with Crippen LogP contribution in [-0.2, 0) is 14.8 Å². The molecule has 3 rings (SSSR count). The fraction of sp³-hybridized carbons (Fsp3) is 0.294. The van der Waals surface area contributed by atoms with Gasteiger partial charge in [-0.15, -0.1) is 0 Å². The maximum absolute atomic E-state index is 13.3. The smallest absolute Gasteiger partial charge is 0.243 e. The van der Waals surface area contributed by atoms with E-state index in [-0.39, 0.29) is 24.1 Å². The van der Waals surface area contributed by atoms with Gasteiger partial charge in [-0.05, 0) is 48.4 Å². The van der Waals surface area contributed by atoms with Gasteiger partial charge in [-0.25, -0.2) is 12.8 Å². The Hall–Kier alpha value is -1.47. The Labute approximate surface area is 145 Å². The summed E-state index contributed by atoms with van der Waals surface area (Å²) >= 11 is 5.88. The number of benzene rings is 2. The summed E-state index contributed by atoms with van der Waals surface area (Å²) in [6.07, 6.45) is -0.355. The third kappa shape index (κ3) is 3.47. The van der Waals surface area contributed by atoms with Crippen LogP contribution < -0.4 is 0 Å². The molecule has 1 saturated heterocycles. The molecule has 2 aromatic carbocycles. The predicted octanol–water partition coefficient (Wildman–Crippen LogP) is 3.55. The normalized spacial score (nSPS) is 19.4. The molecule has 1 aliphatic heterocycles. The molecule has 0 saturated carbocycles. The lowest BCUT2D eigenvalue weighted by Gasteiger charge is -2.32. The molecule has 0 amide bonds. The van der Waals surface area contributed by atoms with Crippen LogP contribution in [0, 0.1) is 12.7 Å². The van der Waals surface area contributed by atoms with Crippen molar-refractivity contribution in [3.8, 4) is 0 Å². The quantitative estimate of drug-likeness (QED) is 0.831. The van der Waals surface area contributed by atoms with E-state index in [0.29, 0.717) is 17.2 Å². The predicted molar refractivity (Wildman–Crippen MR) is 90.0 cm³/mol. The highest BCUT2D eigenvalue weighted by Gasteiger charge is 2.32. The van der Waals surface area contributed by atoms with Gasteiger partial charge in [0.2, 0.25) is 10.0 Å². The van der Waals surface area contributed by atoms with Gasteiger partial charge in [-0.2, -0.15) is 4.31 Å². The van der Waals surface area contributed by atoms with Gasteiger partial charge >= 0.3 is 0 Å². The molecule has 0 radical (unpaired) electrons. The Kier molecular flexibility index (Phi) is 4.92. The van der Waals surface area contributed by atoms with Gasteiger partial charge in [0, 0.05) is 18.1 Å². The first-order valence-corrected chi connectivity index (χ1v) is 9.33. The molecule has 0 aliphatic carbocycles. The third-order valence-electron chi connectivity index (χ3n) is 4.03. The van der Waals surface area contributed by atoms with Gasteiger partial charge in [0.05, 0.1) is 17.6 Å². The number of hydrogen-bond donors (Lipinski definition) is 0. The van der Waals surface area contributed by atoms with E-state index in [4.69, 9.17) is 16.3 Å². The molecule has 24 heavy (non-hydrogen) atoms. The van der Waals surface area contributed by atoms with Crippen LogP contribution in [-0.4, -0.2) is 32.4 Å². The highest BCUT2D eigenvalue weighted by Crippen LogP contribution is 2.28. The average Bonchev–Trinajstić information content (AvgIpc) is 2.55. The molecule has 1 atom stereocenters. The second-order valence-electron chi connectivity index (χ2n) is 5.68. The summed E-state index contributed by atoms with van der Waals surface area (Å²) in [5.41, 5.74) is 1.26. The van der Waals surface area contributed by atoms with Crippen LogP contribution in [0.15, 0.2) is 47.4 Å². The van der Waals surface area contributed by atoms with Crippen molar-refractivity contribution in [3.63, 3.8) is 0 Å². The van der Waals surface area contributed by atoms with Crippen LogP contribution in [0.3, 0.4) is 0 Å². The van der Waals surface area contributed by atoms with Gasteiger partial charge in [0.25, 0.3) is 0 Å². The number of rotatable bonds is 3. The Morgan fingerprint density at radius 3 is 2.58 bits per heavy atom. The zero-order valence-corrected chi connectivity index (χ0v) is 14.6. The molecule has 2 aromatic rings. The Morgan fingerprint density at radius 1 is 1.21 bits per heavy atom. The van der Waals surface area contributed by atoms with E-state index in [1.54, 1.807) is 19.1 Å². The average molecular weight is 370 g/mol. The molecule has 0 spiro atoms. The van der Waals surface area contributed by atoms with Crippen LogP contribution in [0.1, 0.15) is 17.2 Å². The van der Waals surface area contributed by atoms with Crippen molar-refractivity contribution >= 4 is 21.6 Å². The lowest BCUT2D eigenvalue weighted by molar-refractivity contribution is -0.00256. The fourth-order valence-corrected chi connectivity index (χ4v) is 4.52. The van der Waals surface area contributed by atoms with Crippen LogP contribution >= 0.6 is 11.6 Å². The summed E-state index contributed by atoms with van der Waals surface area (Å²) in [6.45, 7) is 2.36. The topological polar surface area (TPSA) is 46.6 Å². The zero-order valence-electron chi connectivity index (χ0n) is 13.1. The summed E-state index contributed by atoms with van der Waals surface area (Å²) in [6, 6.07) is 10.8. The van der Waals surface area contributed by atoms with Gasteiger partial charge in [-0.1, -0.05) is 23.7 Å². The molecule has 0 bridgehead atoms. The first-order chi connectivity index (χ1) is 11.4. The number of aryl methyl sites for hydroxylation is 1. The van der Waals surface area contributed by atoms with Crippen molar-refractivity contribution in [1.82, 2.24) is 4.31 Å². The standard InChI is InChI=1S/C17H17ClFNO3S/c1-12-10-15(19)6-7-17(12)24(21,22)20-8-9-23-16(11-20)13-2-4-14(18)5-3-13/h2-7,10,16H,8-9,11H2,1H3. The van der Waals surface area contributed by atoms with Crippen molar-refractivity contribution < 1.29 is 17.5 Å². The van der Waals surface area contributed by atoms with Crippen molar-refractivity contribution in [1.29, 1.82) is 0 Å². The number of sulfonamides is 1. The number of ether oxygens (including phenoxy) is 1. The van der Waals surface area contributed by atoms with Crippen molar-refractivity contribution in [2.24, 2.45) is 0 Å². The first kappa shape index (κ1) is 17.4. The van der Waals surface area contributed by atoms with Crippen molar-refractivity contribution in [2.45, 2.75) is 17.9 Å². The molecule has 1 aliphatic rings. The van der Waals surface area contributed by atoms with E-state index >= 15 is 0 Å². The molecule has 1 fully saturated rings. The summed E-state index contributed by atoms with van der Waals surface area (Å²) < 4.78 is 46.1.